The van der Waals surface area contributed by atoms with Crippen LogP contribution in [0.15, 0.2) is 18.2 Å². The number of urea groups is 1. The molecule has 1 atom stereocenters. The summed E-state index contributed by atoms with van der Waals surface area (Å²) in [6.07, 6.45) is 0.740. The molecule has 0 aliphatic carbocycles. The van der Waals surface area contributed by atoms with Crippen molar-refractivity contribution in [1.82, 2.24) is 4.90 Å². The molecular weight excluding hydrogens is 267 g/mol. The number of amides is 2. The van der Waals surface area contributed by atoms with Crippen molar-refractivity contribution in [2.24, 2.45) is 0 Å². The molecule has 2 rings (SSSR count). The summed E-state index contributed by atoms with van der Waals surface area (Å²) in [7, 11) is 1.58. The van der Waals surface area contributed by atoms with Crippen LogP contribution in [0, 0.1) is 5.82 Å². The largest absolute Gasteiger partial charge is 0.478 e. The molecule has 1 aliphatic rings. The second kappa shape index (κ2) is 5.87. The lowest BCUT2D eigenvalue weighted by Gasteiger charge is -2.17. The Morgan fingerprint density at radius 3 is 2.80 bits per heavy atom. The number of anilines is 1. The lowest BCUT2D eigenvalue weighted by atomic mass is 10.2. The molecule has 2 amide bonds. The molecule has 20 heavy (non-hydrogen) atoms. The van der Waals surface area contributed by atoms with Crippen LogP contribution in [0.25, 0.3) is 0 Å². The van der Waals surface area contributed by atoms with Crippen LogP contribution in [0.5, 0.6) is 0 Å². The van der Waals surface area contributed by atoms with Crippen LogP contribution in [-0.2, 0) is 4.74 Å². The zero-order valence-electron chi connectivity index (χ0n) is 10.9. The van der Waals surface area contributed by atoms with Gasteiger partial charge in [-0.1, -0.05) is 0 Å². The molecule has 1 heterocycles. The summed E-state index contributed by atoms with van der Waals surface area (Å²) in [5, 5.41) is 11.2. The third kappa shape index (κ3) is 3.05. The minimum absolute atomic E-state index is 0.0000154. The van der Waals surface area contributed by atoms with Gasteiger partial charge in [-0.25, -0.2) is 14.0 Å². The first-order chi connectivity index (χ1) is 9.51. The zero-order valence-corrected chi connectivity index (χ0v) is 10.9. The quantitative estimate of drug-likeness (QED) is 0.885. The molecule has 0 saturated carbocycles. The van der Waals surface area contributed by atoms with Crippen LogP contribution >= 0.6 is 0 Å². The molecule has 7 heteroatoms. The summed E-state index contributed by atoms with van der Waals surface area (Å²) in [4.78, 5) is 24.1. The topological polar surface area (TPSA) is 78.9 Å². The van der Waals surface area contributed by atoms with Crippen molar-refractivity contribution in [3.05, 3.63) is 29.6 Å². The number of nitrogens with zero attached hydrogens (tertiary/aromatic N) is 1. The lowest BCUT2D eigenvalue weighted by Crippen LogP contribution is -2.34. The maximum Gasteiger partial charge on any atom is 0.335 e. The van der Waals surface area contributed by atoms with Gasteiger partial charge in [-0.2, -0.15) is 0 Å². The Morgan fingerprint density at radius 2 is 2.25 bits per heavy atom. The number of nitrogens with one attached hydrogen (secondary N) is 1. The lowest BCUT2D eigenvalue weighted by molar-refractivity contribution is 0.0696. The molecule has 1 aliphatic heterocycles. The van der Waals surface area contributed by atoms with Crippen LogP contribution in [0.2, 0.25) is 0 Å². The molecular formula is C13H15FN2O4. The fourth-order valence-electron chi connectivity index (χ4n) is 2.05. The number of carbonyl (C=O) groups is 2. The van der Waals surface area contributed by atoms with Gasteiger partial charge in [0, 0.05) is 20.2 Å². The third-order valence-corrected chi connectivity index (χ3v) is 3.22. The second-order valence-electron chi connectivity index (χ2n) is 4.52. The molecule has 1 fully saturated rings. The predicted octanol–water partition coefficient (Wildman–Crippen LogP) is 1.78. The van der Waals surface area contributed by atoms with Crippen LogP contribution in [0.3, 0.4) is 0 Å². The van der Waals surface area contributed by atoms with Gasteiger partial charge in [0.15, 0.2) is 0 Å². The number of ether oxygens (including phenoxy) is 1. The average molecular weight is 282 g/mol. The van der Waals surface area contributed by atoms with E-state index < -0.39 is 17.8 Å². The number of hydrogen-bond acceptors (Lipinski definition) is 3. The van der Waals surface area contributed by atoms with Crippen molar-refractivity contribution in [3.63, 3.8) is 0 Å². The van der Waals surface area contributed by atoms with E-state index in [-0.39, 0.29) is 17.4 Å². The van der Waals surface area contributed by atoms with E-state index in [2.05, 4.69) is 5.32 Å². The van der Waals surface area contributed by atoms with E-state index in [1.54, 1.807) is 7.11 Å². The van der Waals surface area contributed by atoms with Crippen molar-refractivity contribution in [2.45, 2.75) is 12.5 Å². The van der Waals surface area contributed by atoms with Crippen LogP contribution in [0.1, 0.15) is 16.8 Å². The van der Waals surface area contributed by atoms with E-state index in [1.807, 2.05) is 0 Å². The maximum absolute atomic E-state index is 13.7. The number of methoxy groups -OCH3 is 1. The van der Waals surface area contributed by atoms with E-state index in [1.165, 1.54) is 17.0 Å². The van der Waals surface area contributed by atoms with Crippen LogP contribution < -0.4 is 5.32 Å². The van der Waals surface area contributed by atoms with Gasteiger partial charge in [-0.3, -0.25) is 0 Å². The van der Waals surface area contributed by atoms with Gasteiger partial charge in [0.25, 0.3) is 0 Å². The number of halogens is 1. The Hall–Kier alpha value is -2.15. The Bertz CT molecular complexity index is 535. The molecule has 1 aromatic carbocycles. The molecule has 1 unspecified atom stereocenters. The Kier molecular flexibility index (Phi) is 4.19. The number of aromatic carboxylic acids is 1. The molecule has 0 radical (unpaired) electrons. The second-order valence-corrected chi connectivity index (χ2v) is 4.52. The monoisotopic (exact) mass is 282 g/mol. The number of carboxylic acid groups (broad SMARTS) is 1. The third-order valence-electron chi connectivity index (χ3n) is 3.22. The Balaban J connectivity index is 2.03. The van der Waals surface area contributed by atoms with E-state index in [9.17, 15) is 14.0 Å². The molecule has 108 valence electrons. The van der Waals surface area contributed by atoms with E-state index in [4.69, 9.17) is 9.84 Å². The van der Waals surface area contributed by atoms with E-state index >= 15 is 0 Å². The Labute approximate surface area is 115 Å². The van der Waals surface area contributed by atoms with Gasteiger partial charge in [-0.05, 0) is 24.6 Å². The number of benzene rings is 1. The number of likely N-dealkylation sites (tertiary alicyclic amines) is 1. The summed E-state index contributed by atoms with van der Waals surface area (Å²) in [6, 6.07) is 2.93. The van der Waals surface area contributed by atoms with Gasteiger partial charge in [0.2, 0.25) is 0 Å². The van der Waals surface area contributed by atoms with Crippen molar-refractivity contribution < 1.29 is 23.8 Å². The average Bonchev–Trinajstić information content (AvgIpc) is 2.89. The van der Waals surface area contributed by atoms with Crippen molar-refractivity contribution in [1.29, 1.82) is 0 Å². The number of carbonyl (C=O) groups excluding carboxylic acids is 1. The van der Waals surface area contributed by atoms with E-state index in [0.29, 0.717) is 13.1 Å². The maximum atomic E-state index is 13.7. The van der Waals surface area contributed by atoms with Gasteiger partial charge >= 0.3 is 12.0 Å². The highest BCUT2D eigenvalue weighted by Gasteiger charge is 2.26. The number of rotatable bonds is 3. The highest BCUT2D eigenvalue weighted by molar-refractivity contribution is 5.92. The SMILES string of the molecule is COC1CCN(C(=O)Nc2ccc(C(=O)O)cc2F)C1. The van der Waals surface area contributed by atoms with Crippen molar-refractivity contribution in [2.75, 3.05) is 25.5 Å². The first kappa shape index (κ1) is 14.3. The van der Waals surface area contributed by atoms with Crippen LogP contribution in [0.4, 0.5) is 14.9 Å². The smallest absolute Gasteiger partial charge is 0.335 e. The predicted molar refractivity (Wildman–Crippen MR) is 69.4 cm³/mol. The molecule has 0 bridgehead atoms. The van der Waals surface area contributed by atoms with Gasteiger partial charge in [0.1, 0.15) is 5.82 Å². The molecule has 2 N–H and O–H groups in total. The minimum Gasteiger partial charge on any atom is -0.478 e. The van der Waals surface area contributed by atoms with Gasteiger partial charge in [-0.15, -0.1) is 0 Å². The zero-order chi connectivity index (χ0) is 14.7. The summed E-state index contributed by atoms with van der Waals surface area (Å²) in [5.74, 6) is -2.00. The summed E-state index contributed by atoms with van der Waals surface area (Å²) < 4.78 is 18.8. The first-order valence-corrected chi connectivity index (χ1v) is 6.13. The van der Waals surface area contributed by atoms with Crippen molar-refractivity contribution >= 4 is 17.7 Å². The molecule has 1 aromatic rings. The summed E-state index contributed by atoms with van der Waals surface area (Å²) >= 11 is 0. The van der Waals surface area contributed by atoms with Gasteiger partial charge in [0.05, 0.1) is 17.4 Å². The van der Waals surface area contributed by atoms with Crippen molar-refractivity contribution in [3.8, 4) is 0 Å². The summed E-state index contributed by atoms with van der Waals surface area (Å²) in [5.41, 5.74) is -0.206. The summed E-state index contributed by atoms with van der Waals surface area (Å²) in [6.45, 7) is 0.996. The molecule has 6 nitrogen and oxygen atoms in total. The molecule has 0 aromatic heterocycles. The highest BCUT2D eigenvalue weighted by atomic mass is 19.1. The number of carboxylic acids is 1. The molecule has 1 saturated heterocycles. The first-order valence-electron chi connectivity index (χ1n) is 6.13. The normalized spacial score (nSPS) is 18.1. The molecule has 0 spiro atoms. The van der Waals surface area contributed by atoms with Gasteiger partial charge < -0.3 is 20.1 Å². The van der Waals surface area contributed by atoms with Crippen LogP contribution in [-0.4, -0.2) is 48.3 Å². The number of hydrogen-bond donors (Lipinski definition) is 2. The standard InChI is InChI=1S/C13H15FN2O4/c1-20-9-4-5-16(7-9)13(19)15-11-3-2-8(12(17)18)6-10(11)14/h2-3,6,9H,4-5,7H2,1H3,(H,15,19)(H,17,18). The minimum atomic E-state index is -1.22. The van der Waals surface area contributed by atoms with E-state index in [0.717, 1.165) is 12.5 Å². The fraction of sp³-hybridized carbons (Fsp3) is 0.385. The fourth-order valence-corrected chi connectivity index (χ4v) is 2.05. The Morgan fingerprint density at radius 1 is 1.50 bits per heavy atom. The highest BCUT2D eigenvalue weighted by Crippen LogP contribution is 2.18.